The summed E-state index contributed by atoms with van der Waals surface area (Å²) in [5, 5.41) is 3.49. The van der Waals surface area contributed by atoms with Gasteiger partial charge < -0.3 is 15.8 Å². The van der Waals surface area contributed by atoms with Gasteiger partial charge in [-0.05, 0) is 24.8 Å². The van der Waals surface area contributed by atoms with Gasteiger partial charge in [-0.15, -0.1) is 0 Å². The molecular weight excluding hydrogens is 248 g/mol. The lowest BCUT2D eigenvalue weighted by Crippen LogP contribution is -2.12. The van der Waals surface area contributed by atoms with Crippen LogP contribution < -0.4 is 15.8 Å². The van der Waals surface area contributed by atoms with Crippen molar-refractivity contribution in [3.8, 4) is 5.75 Å². The zero-order valence-corrected chi connectivity index (χ0v) is 12.7. The Morgan fingerprint density at radius 2 is 2.00 bits per heavy atom. The Bertz CT molecular complexity index is 400. The molecule has 0 spiro atoms. The second-order valence-electron chi connectivity index (χ2n) is 5.86. The number of nitrogens with one attached hydrogen (secondary N) is 1. The van der Waals surface area contributed by atoms with Gasteiger partial charge in [0.25, 0.3) is 0 Å². The summed E-state index contributed by atoms with van der Waals surface area (Å²) in [7, 11) is 0. The Kier molecular flexibility index (Phi) is 6.03. The maximum atomic E-state index is 5.93. The van der Waals surface area contributed by atoms with Gasteiger partial charge in [0.15, 0.2) is 0 Å². The van der Waals surface area contributed by atoms with Crippen molar-refractivity contribution in [3.05, 3.63) is 18.2 Å². The first-order valence-electron chi connectivity index (χ1n) is 8.05. The molecule has 1 fully saturated rings. The molecule has 1 saturated carbocycles. The zero-order valence-electron chi connectivity index (χ0n) is 12.7. The molecule has 0 saturated heterocycles. The number of hydrogen-bond acceptors (Lipinski definition) is 3. The monoisotopic (exact) mass is 276 g/mol. The number of hydrogen-bond donors (Lipinski definition) is 2. The standard InChI is InChI=1S/C17H28N2O/c1-2-10-20-17-12-15(18)11-16(13-17)19-9-8-14-6-4-3-5-7-14/h11-14,19H,2-10,18H2,1H3. The summed E-state index contributed by atoms with van der Waals surface area (Å²) in [4.78, 5) is 0. The van der Waals surface area contributed by atoms with E-state index >= 15 is 0 Å². The summed E-state index contributed by atoms with van der Waals surface area (Å²) in [5.41, 5.74) is 7.76. The van der Waals surface area contributed by atoms with E-state index in [1.165, 1.54) is 38.5 Å². The predicted octanol–water partition coefficient (Wildman–Crippen LogP) is 4.44. The van der Waals surface area contributed by atoms with Crippen molar-refractivity contribution in [3.63, 3.8) is 0 Å². The van der Waals surface area contributed by atoms with Gasteiger partial charge in [-0.3, -0.25) is 0 Å². The van der Waals surface area contributed by atoms with Crippen LogP contribution in [-0.4, -0.2) is 13.2 Å². The van der Waals surface area contributed by atoms with Crippen LogP contribution in [0.2, 0.25) is 0 Å². The van der Waals surface area contributed by atoms with E-state index in [0.29, 0.717) is 0 Å². The number of rotatable bonds is 7. The average molecular weight is 276 g/mol. The maximum absolute atomic E-state index is 5.93. The molecule has 1 aromatic rings. The fourth-order valence-electron chi connectivity index (χ4n) is 2.92. The molecule has 0 bridgehead atoms. The van der Waals surface area contributed by atoms with Crippen molar-refractivity contribution in [2.45, 2.75) is 51.9 Å². The van der Waals surface area contributed by atoms with Crippen molar-refractivity contribution in [2.24, 2.45) is 5.92 Å². The van der Waals surface area contributed by atoms with Gasteiger partial charge in [-0.1, -0.05) is 39.0 Å². The van der Waals surface area contributed by atoms with Crippen molar-refractivity contribution in [1.29, 1.82) is 0 Å². The minimum absolute atomic E-state index is 0.741. The molecule has 1 aliphatic rings. The third kappa shape index (κ3) is 4.95. The summed E-state index contributed by atoms with van der Waals surface area (Å²) in [6, 6.07) is 5.93. The molecular formula is C17H28N2O. The largest absolute Gasteiger partial charge is 0.493 e. The van der Waals surface area contributed by atoms with E-state index in [4.69, 9.17) is 10.5 Å². The van der Waals surface area contributed by atoms with Crippen molar-refractivity contribution < 1.29 is 4.74 Å². The number of nitrogen functional groups attached to an aromatic ring is 1. The van der Waals surface area contributed by atoms with Crippen LogP contribution in [0.3, 0.4) is 0 Å². The molecule has 112 valence electrons. The van der Waals surface area contributed by atoms with Crippen LogP contribution >= 0.6 is 0 Å². The molecule has 0 aliphatic heterocycles. The first kappa shape index (κ1) is 15.0. The van der Waals surface area contributed by atoms with E-state index in [1.54, 1.807) is 0 Å². The summed E-state index contributed by atoms with van der Waals surface area (Å²) in [6.45, 7) is 3.88. The van der Waals surface area contributed by atoms with E-state index < -0.39 is 0 Å². The second-order valence-corrected chi connectivity index (χ2v) is 5.86. The fourth-order valence-corrected chi connectivity index (χ4v) is 2.92. The van der Waals surface area contributed by atoms with Crippen molar-refractivity contribution in [1.82, 2.24) is 0 Å². The van der Waals surface area contributed by atoms with Crippen LogP contribution in [0.25, 0.3) is 0 Å². The SMILES string of the molecule is CCCOc1cc(N)cc(NCCC2CCCCC2)c1. The number of nitrogens with two attached hydrogens (primary N) is 1. The molecule has 0 amide bonds. The van der Waals surface area contributed by atoms with Crippen LogP contribution in [0.1, 0.15) is 51.9 Å². The molecule has 3 nitrogen and oxygen atoms in total. The Balaban J connectivity index is 1.80. The van der Waals surface area contributed by atoms with Gasteiger partial charge in [-0.2, -0.15) is 0 Å². The summed E-state index contributed by atoms with van der Waals surface area (Å²) < 4.78 is 5.65. The molecule has 3 N–H and O–H groups in total. The van der Waals surface area contributed by atoms with Crippen LogP contribution in [0.5, 0.6) is 5.75 Å². The van der Waals surface area contributed by atoms with Gasteiger partial charge in [0.2, 0.25) is 0 Å². The number of ether oxygens (including phenoxy) is 1. The third-order valence-corrected chi connectivity index (χ3v) is 4.01. The molecule has 20 heavy (non-hydrogen) atoms. The molecule has 3 heteroatoms. The lowest BCUT2D eigenvalue weighted by Gasteiger charge is -2.21. The summed E-state index contributed by atoms with van der Waals surface area (Å²) in [6.07, 6.45) is 9.35. The predicted molar refractivity (Wildman–Crippen MR) is 86.3 cm³/mol. The smallest absolute Gasteiger partial charge is 0.123 e. The summed E-state index contributed by atoms with van der Waals surface area (Å²) in [5.74, 6) is 1.78. The first-order chi connectivity index (χ1) is 9.78. The van der Waals surface area contributed by atoms with Crippen LogP contribution in [-0.2, 0) is 0 Å². The molecule has 1 aliphatic carbocycles. The highest BCUT2D eigenvalue weighted by molar-refractivity contribution is 5.59. The van der Waals surface area contributed by atoms with E-state index in [2.05, 4.69) is 12.2 Å². The van der Waals surface area contributed by atoms with Crippen molar-refractivity contribution in [2.75, 3.05) is 24.2 Å². The van der Waals surface area contributed by atoms with Crippen molar-refractivity contribution >= 4 is 11.4 Å². The minimum Gasteiger partial charge on any atom is -0.493 e. The molecule has 2 rings (SSSR count). The average Bonchev–Trinajstić information content (AvgIpc) is 2.46. The van der Waals surface area contributed by atoms with E-state index in [9.17, 15) is 0 Å². The topological polar surface area (TPSA) is 47.3 Å². The van der Waals surface area contributed by atoms with Crippen LogP contribution in [0.15, 0.2) is 18.2 Å². The molecule has 0 atom stereocenters. The lowest BCUT2D eigenvalue weighted by molar-refractivity contribution is 0.317. The zero-order chi connectivity index (χ0) is 14.2. The van der Waals surface area contributed by atoms with E-state index in [-0.39, 0.29) is 0 Å². The van der Waals surface area contributed by atoms with Crippen LogP contribution in [0.4, 0.5) is 11.4 Å². The normalized spacial score (nSPS) is 16.1. The third-order valence-electron chi connectivity index (χ3n) is 4.01. The van der Waals surface area contributed by atoms with Gasteiger partial charge in [0.1, 0.15) is 5.75 Å². The van der Waals surface area contributed by atoms with Gasteiger partial charge in [-0.25, -0.2) is 0 Å². The maximum Gasteiger partial charge on any atom is 0.123 e. The highest BCUT2D eigenvalue weighted by atomic mass is 16.5. The fraction of sp³-hybridized carbons (Fsp3) is 0.647. The van der Waals surface area contributed by atoms with Gasteiger partial charge >= 0.3 is 0 Å². The summed E-state index contributed by atoms with van der Waals surface area (Å²) >= 11 is 0. The second kappa shape index (κ2) is 8.03. The molecule has 0 radical (unpaired) electrons. The number of anilines is 2. The molecule has 0 unspecified atom stereocenters. The molecule has 1 aromatic carbocycles. The number of benzene rings is 1. The Morgan fingerprint density at radius 3 is 2.75 bits per heavy atom. The Hall–Kier alpha value is -1.38. The molecule has 0 aromatic heterocycles. The van der Waals surface area contributed by atoms with E-state index in [1.807, 2.05) is 18.2 Å². The van der Waals surface area contributed by atoms with Gasteiger partial charge in [0.05, 0.1) is 6.61 Å². The first-order valence-corrected chi connectivity index (χ1v) is 8.05. The Labute approximate surface area is 122 Å². The highest BCUT2D eigenvalue weighted by Crippen LogP contribution is 2.27. The minimum atomic E-state index is 0.741. The van der Waals surface area contributed by atoms with Crippen LogP contribution in [0, 0.1) is 5.92 Å². The van der Waals surface area contributed by atoms with Gasteiger partial charge in [0, 0.05) is 30.1 Å². The highest BCUT2D eigenvalue weighted by Gasteiger charge is 2.12. The quantitative estimate of drug-likeness (QED) is 0.724. The Morgan fingerprint density at radius 1 is 1.20 bits per heavy atom. The van der Waals surface area contributed by atoms with E-state index in [0.717, 1.165) is 42.6 Å². The molecule has 0 heterocycles. The lowest BCUT2D eigenvalue weighted by atomic mass is 9.87.